The predicted molar refractivity (Wildman–Crippen MR) is 117 cm³/mol. The van der Waals surface area contributed by atoms with Crippen LogP contribution in [-0.4, -0.2) is 37.4 Å². The van der Waals surface area contributed by atoms with Gasteiger partial charge in [-0.3, -0.25) is 0 Å². The number of esters is 2. The number of carbonyl (C=O) groups is 2. The van der Waals surface area contributed by atoms with E-state index in [0.717, 1.165) is 5.56 Å². The van der Waals surface area contributed by atoms with Gasteiger partial charge in [-0.2, -0.15) is 0 Å². The van der Waals surface area contributed by atoms with Crippen molar-refractivity contribution in [2.75, 3.05) is 7.11 Å². The van der Waals surface area contributed by atoms with Gasteiger partial charge in [-0.1, -0.05) is 0 Å². The van der Waals surface area contributed by atoms with Gasteiger partial charge in [0.2, 0.25) is 0 Å². The van der Waals surface area contributed by atoms with Crippen LogP contribution in [0.3, 0.4) is 0 Å². The van der Waals surface area contributed by atoms with Crippen LogP contribution < -0.4 is 0 Å². The normalized spacial score (nSPS) is 12.5. The molecule has 0 unspecified atom stereocenters. The number of hydrogen-bond donors (Lipinski definition) is 0. The summed E-state index contributed by atoms with van der Waals surface area (Å²) in [5.74, 6) is -0.541. The molecule has 0 spiro atoms. The molecule has 158 valence electrons. The molecule has 0 bridgehead atoms. The zero-order valence-electron chi connectivity index (χ0n) is 18.4. The summed E-state index contributed by atoms with van der Waals surface area (Å²) in [6.07, 6.45) is 7.14. The third kappa shape index (κ3) is 7.41. The van der Waals surface area contributed by atoms with Crippen LogP contribution in [0.25, 0.3) is 0 Å². The van der Waals surface area contributed by atoms with E-state index in [1.165, 1.54) is 65.9 Å². The Bertz CT molecular complexity index is 575. The second kappa shape index (κ2) is 13.2. The Balaban J connectivity index is 3.36. The Kier molecular flexibility index (Phi) is 11.8. The first-order valence-corrected chi connectivity index (χ1v) is 18.5. The molecule has 0 saturated carbocycles. The van der Waals surface area contributed by atoms with Crippen molar-refractivity contribution in [3.05, 3.63) is 35.4 Å². The van der Waals surface area contributed by atoms with Gasteiger partial charge >= 0.3 is 176 Å². The van der Waals surface area contributed by atoms with Crippen LogP contribution >= 0.6 is 0 Å². The topological polar surface area (TPSA) is 52.6 Å². The molecule has 0 aliphatic carbocycles. The third-order valence-corrected chi connectivity index (χ3v) is 21.6. The zero-order valence-corrected chi connectivity index (χ0v) is 21.2. The van der Waals surface area contributed by atoms with Gasteiger partial charge in [0.25, 0.3) is 0 Å². The van der Waals surface area contributed by atoms with Crippen molar-refractivity contribution in [1.82, 2.24) is 0 Å². The Labute approximate surface area is 175 Å². The van der Waals surface area contributed by atoms with Crippen LogP contribution in [0.4, 0.5) is 0 Å². The van der Waals surface area contributed by atoms with Crippen molar-refractivity contribution in [3.8, 4) is 0 Å². The molecule has 0 aromatic heterocycles. The van der Waals surface area contributed by atoms with E-state index in [9.17, 15) is 9.59 Å². The number of methoxy groups -OCH3 is 1. The standard InChI is InChI=1S/C11H11O4.3C4H9.Sn/c1-8(12)15-7-9-3-5-10(6-4-9)11(13)14-2;3*1-3-4-2;/h3-7H,1-2H3;3*1,3-4H2,2H3;. The Hall–Kier alpha value is -1.04. The molecule has 0 fully saturated rings. The summed E-state index contributed by atoms with van der Waals surface area (Å²) in [6, 6.07) is 7.53. The van der Waals surface area contributed by atoms with Gasteiger partial charge in [0.15, 0.2) is 0 Å². The van der Waals surface area contributed by atoms with E-state index in [0.29, 0.717) is 5.56 Å². The summed E-state index contributed by atoms with van der Waals surface area (Å²) >= 11 is -2.84. The maximum absolute atomic E-state index is 12.1. The summed E-state index contributed by atoms with van der Waals surface area (Å²) in [5, 5.41) is 0. The molecule has 4 nitrogen and oxygen atoms in total. The zero-order chi connectivity index (χ0) is 21.0. The second-order valence-corrected chi connectivity index (χ2v) is 21.3. The molecule has 0 radical (unpaired) electrons. The molecule has 0 aliphatic heterocycles. The summed E-state index contributed by atoms with van der Waals surface area (Å²) < 4.78 is 14.5. The molecule has 0 heterocycles. The molecular weight excluding hydrogens is 459 g/mol. The molecule has 1 aromatic carbocycles. The number of unbranched alkanes of at least 4 members (excludes halogenated alkanes) is 3. The maximum atomic E-state index is 12.1. The minimum atomic E-state index is -2.84. The van der Waals surface area contributed by atoms with E-state index in [2.05, 4.69) is 20.8 Å². The predicted octanol–water partition coefficient (Wildman–Crippen LogP) is 6.47. The molecule has 1 aromatic rings. The third-order valence-electron chi connectivity index (χ3n) is 5.56. The number of carbonyl (C=O) groups excluding carboxylic acids is 2. The van der Waals surface area contributed by atoms with Crippen molar-refractivity contribution in [3.63, 3.8) is 0 Å². The summed E-state index contributed by atoms with van der Waals surface area (Å²) in [5.41, 5.74) is 1.59. The Morgan fingerprint density at radius 2 is 1.36 bits per heavy atom. The van der Waals surface area contributed by atoms with Gasteiger partial charge in [0.1, 0.15) is 0 Å². The van der Waals surface area contributed by atoms with E-state index < -0.39 is 18.4 Å². The first-order valence-electron chi connectivity index (χ1n) is 10.8. The van der Waals surface area contributed by atoms with E-state index >= 15 is 0 Å². The van der Waals surface area contributed by atoms with Crippen LogP contribution in [0.5, 0.6) is 0 Å². The van der Waals surface area contributed by atoms with Crippen molar-refractivity contribution in [2.24, 2.45) is 0 Å². The second-order valence-electron chi connectivity index (χ2n) is 7.78. The first-order chi connectivity index (χ1) is 13.4. The molecule has 0 amide bonds. The first kappa shape index (κ1) is 25.0. The monoisotopic (exact) mass is 498 g/mol. The average Bonchev–Trinajstić information content (AvgIpc) is 2.71. The van der Waals surface area contributed by atoms with Crippen LogP contribution in [0.2, 0.25) is 13.3 Å². The van der Waals surface area contributed by atoms with Gasteiger partial charge in [0.05, 0.1) is 0 Å². The number of rotatable bonds is 13. The number of ether oxygens (including phenoxy) is 2. The van der Waals surface area contributed by atoms with E-state index in [4.69, 9.17) is 9.47 Å². The van der Waals surface area contributed by atoms with Crippen molar-refractivity contribution >= 4 is 30.3 Å². The van der Waals surface area contributed by atoms with Crippen LogP contribution in [0.1, 0.15) is 86.3 Å². The Morgan fingerprint density at radius 3 is 1.71 bits per heavy atom. The molecule has 1 atom stereocenters. The van der Waals surface area contributed by atoms with E-state index in [-0.39, 0.29) is 16.1 Å². The van der Waals surface area contributed by atoms with Crippen LogP contribution in [0, 0.1) is 0 Å². The van der Waals surface area contributed by atoms with E-state index in [1.54, 1.807) is 12.1 Å². The molecule has 5 heteroatoms. The molecule has 0 N–H and O–H groups in total. The summed E-state index contributed by atoms with van der Waals surface area (Å²) in [6.45, 7) is 8.23. The molecule has 0 saturated heterocycles. The SMILES string of the molecule is CCC[CH2][Sn]([CH2]CCC)([CH2]CCC)[C@H](OC(C)=O)c1ccc(C(=O)OC)cc1. The van der Waals surface area contributed by atoms with Crippen molar-refractivity contribution in [1.29, 1.82) is 0 Å². The minimum absolute atomic E-state index is 0.0804. The Morgan fingerprint density at radius 1 is 0.893 bits per heavy atom. The summed E-state index contributed by atoms with van der Waals surface area (Å²) in [4.78, 5) is 23.9. The van der Waals surface area contributed by atoms with Crippen molar-refractivity contribution < 1.29 is 19.1 Å². The average molecular weight is 497 g/mol. The molecule has 1 rings (SSSR count). The van der Waals surface area contributed by atoms with Gasteiger partial charge in [-0.05, 0) is 0 Å². The summed E-state index contributed by atoms with van der Waals surface area (Å²) in [7, 11) is 1.39. The van der Waals surface area contributed by atoms with Crippen molar-refractivity contribution in [2.45, 2.75) is 83.6 Å². The van der Waals surface area contributed by atoms with Gasteiger partial charge in [-0.25, -0.2) is 0 Å². The van der Waals surface area contributed by atoms with Gasteiger partial charge < -0.3 is 0 Å². The van der Waals surface area contributed by atoms with Gasteiger partial charge in [-0.15, -0.1) is 0 Å². The fourth-order valence-corrected chi connectivity index (χ4v) is 21.2. The quantitative estimate of drug-likeness (QED) is 0.232. The molecule has 28 heavy (non-hydrogen) atoms. The number of hydrogen-bond acceptors (Lipinski definition) is 4. The van der Waals surface area contributed by atoms with E-state index in [1.807, 2.05) is 12.1 Å². The van der Waals surface area contributed by atoms with Crippen LogP contribution in [0.15, 0.2) is 24.3 Å². The fourth-order valence-electron chi connectivity index (χ4n) is 3.98. The van der Waals surface area contributed by atoms with Gasteiger partial charge in [0, 0.05) is 0 Å². The molecular formula is C23H38O4Sn. The molecule has 0 aliphatic rings. The fraction of sp³-hybridized carbons (Fsp3) is 0.652. The number of benzene rings is 1. The van der Waals surface area contributed by atoms with Crippen LogP contribution in [-0.2, 0) is 14.3 Å².